The molecule has 2 amide bonds. The van der Waals surface area contributed by atoms with Crippen molar-refractivity contribution in [2.24, 2.45) is 5.92 Å². The molecule has 0 aromatic carbocycles. The minimum Gasteiger partial charge on any atom is -0.460 e. The number of rotatable bonds is 7. The molecule has 21 heavy (non-hydrogen) atoms. The average Bonchev–Trinajstić information content (AvgIpc) is 2.31. The van der Waals surface area contributed by atoms with Crippen LogP contribution in [0.3, 0.4) is 0 Å². The maximum Gasteiger partial charge on any atom is 0.306 e. The molecule has 0 aromatic rings. The molecule has 0 atom stereocenters. The second-order valence-corrected chi connectivity index (χ2v) is 6.53. The van der Waals surface area contributed by atoms with Crippen molar-refractivity contribution in [2.75, 3.05) is 20.1 Å². The van der Waals surface area contributed by atoms with Gasteiger partial charge in [0.25, 0.3) is 0 Å². The van der Waals surface area contributed by atoms with Crippen LogP contribution in [-0.4, -0.2) is 48.4 Å². The third-order valence-electron chi connectivity index (χ3n) is 2.48. The van der Waals surface area contributed by atoms with E-state index in [4.69, 9.17) is 4.74 Å². The zero-order valence-electron chi connectivity index (χ0n) is 14.0. The largest absolute Gasteiger partial charge is 0.460 e. The molecule has 0 bridgehead atoms. The summed E-state index contributed by atoms with van der Waals surface area (Å²) in [6.45, 7) is 9.90. The highest BCUT2D eigenvalue weighted by Crippen LogP contribution is 2.09. The van der Waals surface area contributed by atoms with E-state index in [-0.39, 0.29) is 31.2 Å². The third kappa shape index (κ3) is 10.8. The van der Waals surface area contributed by atoms with Gasteiger partial charge in [-0.05, 0) is 26.7 Å². The van der Waals surface area contributed by atoms with Gasteiger partial charge >= 0.3 is 5.97 Å². The van der Waals surface area contributed by atoms with Crippen molar-refractivity contribution in [2.45, 2.75) is 53.1 Å². The van der Waals surface area contributed by atoms with Crippen LogP contribution in [0.1, 0.15) is 47.5 Å². The summed E-state index contributed by atoms with van der Waals surface area (Å²) in [5.41, 5.74) is -0.553. The molecule has 0 aliphatic carbocycles. The van der Waals surface area contributed by atoms with Crippen LogP contribution in [-0.2, 0) is 19.1 Å². The Balaban J connectivity index is 4.05. The van der Waals surface area contributed by atoms with Crippen molar-refractivity contribution < 1.29 is 19.1 Å². The number of nitrogens with one attached hydrogen (secondary N) is 1. The molecule has 0 heterocycles. The summed E-state index contributed by atoms with van der Waals surface area (Å²) in [7, 11) is 1.55. The number of nitrogens with zero attached hydrogens (tertiary/aromatic N) is 1. The normalized spacial score (nSPS) is 11.2. The Bertz CT molecular complexity index is 372. The summed E-state index contributed by atoms with van der Waals surface area (Å²) in [4.78, 5) is 36.2. The molecule has 0 aliphatic rings. The number of carbonyl (C=O) groups is 3. The number of ether oxygens (including phenoxy) is 1. The molecule has 0 fully saturated rings. The first kappa shape index (κ1) is 19.4. The SMILES string of the molecule is CC(C)CNC(=O)CN(C)C(=O)CCC(=O)OC(C)(C)C. The smallest absolute Gasteiger partial charge is 0.306 e. The highest BCUT2D eigenvalue weighted by atomic mass is 16.6. The van der Waals surface area contributed by atoms with Gasteiger partial charge in [-0.1, -0.05) is 13.8 Å². The van der Waals surface area contributed by atoms with Gasteiger partial charge < -0.3 is 15.0 Å². The highest BCUT2D eigenvalue weighted by molar-refractivity contribution is 5.86. The average molecular weight is 300 g/mol. The van der Waals surface area contributed by atoms with Crippen LogP contribution in [0.2, 0.25) is 0 Å². The Morgan fingerprint density at radius 1 is 1.14 bits per heavy atom. The molecule has 1 N–H and O–H groups in total. The summed E-state index contributed by atoms with van der Waals surface area (Å²) in [6, 6.07) is 0. The summed E-state index contributed by atoms with van der Waals surface area (Å²) < 4.78 is 5.12. The maximum absolute atomic E-state index is 11.8. The van der Waals surface area contributed by atoms with E-state index in [0.29, 0.717) is 12.5 Å². The van der Waals surface area contributed by atoms with E-state index in [1.807, 2.05) is 13.8 Å². The van der Waals surface area contributed by atoms with E-state index in [0.717, 1.165) is 0 Å². The lowest BCUT2D eigenvalue weighted by molar-refractivity contribution is -0.156. The Kier molecular flexibility index (Phi) is 7.99. The monoisotopic (exact) mass is 300 g/mol. The molecule has 0 saturated heterocycles. The van der Waals surface area contributed by atoms with E-state index < -0.39 is 11.6 Å². The minimum absolute atomic E-state index is 0.000127. The van der Waals surface area contributed by atoms with Gasteiger partial charge in [-0.15, -0.1) is 0 Å². The number of esters is 1. The van der Waals surface area contributed by atoms with Gasteiger partial charge in [-0.25, -0.2) is 0 Å². The van der Waals surface area contributed by atoms with Crippen molar-refractivity contribution in [3.8, 4) is 0 Å². The van der Waals surface area contributed by atoms with Gasteiger partial charge in [-0.3, -0.25) is 14.4 Å². The maximum atomic E-state index is 11.8. The van der Waals surface area contributed by atoms with Crippen molar-refractivity contribution in [3.63, 3.8) is 0 Å². The number of likely N-dealkylation sites (N-methyl/N-ethyl adjacent to an activating group) is 1. The zero-order chi connectivity index (χ0) is 16.6. The van der Waals surface area contributed by atoms with Gasteiger partial charge in [0.2, 0.25) is 11.8 Å². The van der Waals surface area contributed by atoms with Crippen LogP contribution >= 0.6 is 0 Å². The van der Waals surface area contributed by atoms with Crippen molar-refractivity contribution in [1.29, 1.82) is 0 Å². The molecule has 6 heteroatoms. The fourth-order valence-electron chi connectivity index (χ4n) is 1.47. The van der Waals surface area contributed by atoms with Crippen LogP contribution in [0.4, 0.5) is 0 Å². The van der Waals surface area contributed by atoms with E-state index in [1.165, 1.54) is 4.90 Å². The van der Waals surface area contributed by atoms with Gasteiger partial charge in [-0.2, -0.15) is 0 Å². The Morgan fingerprint density at radius 2 is 1.71 bits per heavy atom. The molecule has 0 aromatic heterocycles. The van der Waals surface area contributed by atoms with Crippen molar-refractivity contribution >= 4 is 17.8 Å². The van der Waals surface area contributed by atoms with Crippen LogP contribution < -0.4 is 5.32 Å². The van der Waals surface area contributed by atoms with Crippen molar-refractivity contribution in [1.82, 2.24) is 10.2 Å². The van der Waals surface area contributed by atoms with E-state index in [1.54, 1.807) is 27.8 Å². The first-order chi connectivity index (χ1) is 9.51. The zero-order valence-corrected chi connectivity index (χ0v) is 14.0. The van der Waals surface area contributed by atoms with Gasteiger partial charge in [0.05, 0.1) is 13.0 Å². The van der Waals surface area contributed by atoms with Gasteiger partial charge in [0.15, 0.2) is 0 Å². The molecule has 122 valence electrons. The Hall–Kier alpha value is -1.59. The Morgan fingerprint density at radius 3 is 2.19 bits per heavy atom. The predicted octanol–water partition coefficient (Wildman–Crippen LogP) is 1.34. The second-order valence-electron chi connectivity index (χ2n) is 6.53. The number of hydrogen-bond donors (Lipinski definition) is 1. The number of carbonyl (C=O) groups excluding carboxylic acids is 3. The minimum atomic E-state index is -0.553. The summed E-state index contributed by atoms with van der Waals surface area (Å²) in [6.07, 6.45) is 0.0664. The first-order valence-corrected chi connectivity index (χ1v) is 7.23. The standard InChI is InChI=1S/C15H28N2O4/c1-11(2)9-16-12(18)10-17(6)13(19)7-8-14(20)21-15(3,4)5/h11H,7-10H2,1-6H3,(H,16,18). The third-order valence-corrected chi connectivity index (χ3v) is 2.48. The highest BCUT2D eigenvalue weighted by Gasteiger charge is 2.19. The quantitative estimate of drug-likeness (QED) is 0.720. The molecular weight excluding hydrogens is 272 g/mol. The molecule has 0 spiro atoms. The molecule has 6 nitrogen and oxygen atoms in total. The lowest BCUT2D eigenvalue weighted by atomic mass is 10.2. The van der Waals surface area contributed by atoms with Crippen molar-refractivity contribution in [3.05, 3.63) is 0 Å². The predicted molar refractivity (Wildman–Crippen MR) is 80.6 cm³/mol. The lowest BCUT2D eigenvalue weighted by Crippen LogP contribution is -2.39. The van der Waals surface area contributed by atoms with Crippen LogP contribution in [0.15, 0.2) is 0 Å². The number of amides is 2. The molecule has 0 rings (SSSR count). The summed E-state index contributed by atoms with van der Waals surface area (Å²) in [5, 5.41) is 2.74. The van der Waals surface area contributed by atoms with E-state index in [2.05, 4.69) is 5.32 Å². The fourth-order valence-corrected chi connectivity index (χ4v) is 1.47. The molecule has 0 unspecified atom stereocenters. The summed E-state index contributed by atoms with van der Waals surface area (Å²) in [5.74, 6) is -0.493. The van der Waals surface area contributed by atoms with Crippen LogP contribution in [0.5, 0.6) is 0 Å². The van der Waals surface area contributed by atoms with Gasteiger partial charge in [0.1, 0.15) is 5.60 Å². The molecule has 0 aliphatic heterocycles. The van der Waals surface area contributed by atoms with Gasteiger partial charge in [0, 0.05) is 20.0 Å². The van der Waals surface area contributed by atoms with E-state index in [9.17, 15) is 14.4 Å². The molecular formula is C15H28N2O4. The second kappa shape index (κ2) is 8.64. The van der Waals surface area contributed by atoms with Crippen LogP contribution in [0, 0.1) is 5.92 Å². The molecule has 0 saturated carbocycles. The molecule has 0 radical (unpaired) electrons. The first-order valence-electron chi connectivity index (χ1n) is 7.23. The van der Waals surface area contributed by atoms with Crippen LogP contribution in [0.25, 0.3) is 0 Å². The Labute approximate surface area is 127 Å². The topological polar surface area (TPSA) is 75.7 Å². The lowest BCUT2D eigenvalue weighted by Gasteiger charge is -2.20. The van der Waals surface area contributed by atoms with E-state index >= 15 is 0 Å². The number of hydrogen-bond acceptors (Lipinski definition) is 4. The summed E-state index contributed by atoms with van der Waals surface area (Å²) >= 11 is 0. The fraction of sp³-hybridized carbons (Fsp3) is 0.800.